The number of hydrogen-bond acceptors (Lipinski definition) is 0. The van der Waals surface area contributed by atoms with Gasteiger partial charge in [0.25, 0.3) is 0 Å². The third-order valence-corrected chi connectivity index (χ3v) is 0. The normalized spacial score (nSPS) is 1.25. The molecule has 0 saturated heterocycles. The Balaban J connectivity index is -0.00000000500. The van der Waals surface area contributed by atoms with Crippen LogP contribution in [0.5, 0.6) is 0 Å². The summed E-state index contributed by atoms with van der Waals surface area (Å²) in [4.78, 5) is 0. The Morgan fingerprint density at radius 1 is 1.25 bits per heavy atom. The molecule has 0 saturated carbocycles. The Hall–Kier alpha value is 1.69. The Morgan fingerprint density at radius 3 is 1.25 bits per heavy atom. The van der Waals surface area contributed by atoms with Gasteiger partial charge in [0.2, 0.25) is 0 Å². The van der Waals surface area contributed by atoms with E-state index in [-0.39, 0.29) is 37.8 Å². The third kappa shape index (κ3) is 9.35. The van der Waals surface area contributed by atoms with Gasteiger partial charge in [-0.05, 0) is 0 Å². The molecule has 0 spiro atoms. The first kappa shape index (κ1) is 17.3. The van der Waals surface area contributed by atoms with Crippen LogP contribution >= 0.6 is 9.12 Å². The zero-order valence-electron chi connectivity index (χ0n) is 1.90. The van der Waals surface area contributed by atoms with E-state index in [1.807, 2.05) is 9.12 Å². The van der Waals surface area contributed by atoms with E-state index >= 15 is 0 Å². The van der Waals surface area contributed by atoms with Crippen LogP contribution in [0.1, 0.15) is 0 Å². The Kier molecular flexibility index (Phi) is 96.7. The first-order valence-corrected chi connectivity index (χ1v) is 1.00. The molecule has 0 amide bonds. The molecule has 0 aliphatic heterocycles. The van der Waals surface area contributed by atoms with Gasteiger partial charge in [-0.15, -0.1) is 0 Å². The van der Waals surface area contributed by atoms with E-state index in [1.165, 1.54) is 0 Å². The molecular weight excluding hydrogens is 285 g/mol. The standard InChI is InChI=1S/BH2P.Co.W/c1-2;;/h2H2;;. The van der Waals surface area contributed by atoms with Gasteiger partial charge in [0, 0.05) is 37.8 Å². The first-order chi connectivity index (χ1) is 1.00. The molecule has 3 radical (unpaired) electrons. The topological polar surface area (TPSA) is 0 Å². The van der Waals surface area contributed by atoms with Gasteiger partial charge >= 0.3 is 0 Å². The minimum Gasteiger partial charge on any atom is -0.187 e. The molecule has 0 aromatic heterocycles. The summed E-state index contributed by atoms with van der Waals surface area (Å²) in [6.07, 6.45) is 0. The molecule has 1 atom stereocenters. The second-order valence-electron chi connectivity index (χ2n) is 0. The summed E-state index contributed by atoms with van der Waals surface area (Å²) < 4.78 is 0. The van der Waals surface area contributed by atoms with Gasteiger partial charge in [0.05, 0.1) is 7.57 Å². The van der Waals surface area contributed by atoms with Gasteiger partial charge in [-0.1, -0.05) is 0 Å². The van der Waals surface area contributed by atoms with Crippen LogP contribution in [0.2, 0.25) is 0 Å². The SMILES string of the molecule is [B]P.[Co].[W]. The van der Waals surface area contributed by atoms with Crippen molar-refractivity contribution in [1.29, 1.82) is 0 Å². The Labute approximate surface area is 54.5 Å². The summed E-state index contributed by atoms with van der Waals surface area (Å²) >= 11 is 0. The van der Waals surface area contributed by atoms with Crippen molar-refractivity contribution in [3.63, 3.8) is 0 Å². The summed E-state index contributed by atoms with van der Waals surface area (Å²) in [5.74, 6) is 0. The van der Waals surface area contributed by atoms with Crippen molar-refractivity contribution in [2.24, 2.45) is 0 Å². The molecule has 0 heterocycles. The quantitative estimate of drug-likeness (QED) is 0.432. The van der Waals surface area contributed by atoms with Crippen LogP contribution in [-0.4, -0.2) is 7.57 Å². The van der Waals surface area contributed by atoms with Crippen LogP contribution in [0, 0.1) is 0 Å². The van der Waals surface area contributed by atoms with Crippen molar-refractivity contribution >= 4 is 16.7 Å². The second kappa shape index (κ2) is 22.4. The van der Waals surface area contributed by atoms with Crippen molar-refractivity contribution < 1.29 is 37.8 Å². The summed E-state index contributed by atoms with van der Waals surface area (Å²) in [7, 11) is 6.33. The molecule has 0 nitrogen and oxygen atoms in total. The average molecular weight is 287 g/mol. The number of rotatable bonds is 0. The fraction of sp³-hybridized carbons (Fsp3) is 0. The maximum Gasteiger partial charge on any atom is 0.0996 e. The van der Waals surface area contributed by atoms with Gasteiger partial charge in [-0.3, -0.25) is 0 Å². The van der Waals surface area contributed by atoms with E-state index in [4.69, 9.17) is 0 Å². The largest absolute Gasteiger partial charge is 0.187 e. The van der Waals surface area contributed by atoms with Gasteiger partial charge < -0.3 is 0 Å². The summed E-state index contributed by atoms with van der Waals surface area (Å²) in [5.41, 5.74) is 0. The number of hydrogen-bond donors (Lipinski definition) is 0. The molecule has 25 valence electrons. The summed E-state index contributed by atoms with van der Waals surface area (Å²) in [5, 5.41) is 0. The van der Waals surface area contributed by atoms with Crippen LogP contribution in [0.25, 0.3) is 0 Å². The molecule has 0 N–H and O–H groups in total. The Bertz CT molecular complexity index is 8.00. The van der Waals surface area contributed by atoms with Crippen LogP contribution < -0.4 is 0 Å². The fourth-order valence-corrected chi connectivity index (χ4v) is 0. The maximum atomic E-state index is 4.42. The molecule has 0 aliphatic rings. The van der Waals surface area contributed by atoms with E-state index in [2.05, 4.69) is 7.57 Å². The van der Waals surface area contributed by atoms with Gasteiger partial charge in [-0.25, -0.2) is 0 Å². The van der Waals surface area contributed by atoms with E-state index in [1.54, 1.807) is 0 Å². The second-order valence-corrected chi connectivity index (χ2v) is 0. The van der Waals surface area contributed by atoms with Crippen LogP contribution in [0.3, 0.4) is 0 Å². The first-order valence-electron chi connectivity index (χ1n) is 0.333. The van der Waals surface area contributed by atoms with Crippen molar-refractivity contribution in [2.45, 2.75) is 0 Å². The van der Waals surface area contributed by atoms with Gasteiger partial charge in [0.15, 0.2) is 0 Å². The molecule has 0 aliphatic carbocycles. The average Bonchev–Trinajstić information content (AvgIpc) is 1.00. The molecule has 0 fully saturated rings. The molecule has 1 unspecified atom stereocenters. The smallest absolute Gasteiger partial charge is 0.0996 e. The van der Waals surface area contributed by atoms with Crippen molar-refractivity contribution in [1.82, 2.24) is 0 Å². The van der Waals surface area contributed by atoms with Crippen molar-refractivity contribution in [3.8, 4) is 0 Å². The van der Waals surface area contributed by atoms with Gasteiger partial charge in [-0.2, -0.15) is 9.12 Å². The van der Waals surface area contributed by atoms with E-state index < -0.39 is 0 Å². The monoisotopic (exact) mass is 287 g/mol. The minimum atomic E-state index is 0. The van der Waals surface area contributed by atoms with E-state index in [9.17, 15) is 0 Å². The van der Waals surface area contributed by atoms with Crippen LogP contribution in [0.15, 0.2) is 0 Å². The van der Waals surface area contributed by atoms with E-state index in [0.717, 1.165) is 0 Å². The summed E-state index contributed by atoms with van der Waals surface area (Å²) in [6.45, 7) is 0. The fourth-order valence-electron chi connectivity index (χ4n) is 0. The zero-order valence-corrected chi connectivity index (χ0v) is 7.03. The molecular formula is H2BCoPW. The van der Waals surface area contributed by atoms with Gasteiger partial charge in [0.1, 0.15) is 0 Å². The van der Waals surface area contributed by atoms with Crippen molar-refractivity contribution in [3.05, 3.63) is 0 Å². The zero-order chi connectivity index (χ0) is 2.00. The maximum absolute atomic E-state index is 4.42. The molecule has 0 bridgehead atoms. The predicted octanol–water partition coefficient (Wildman–Crippen LogP) is -0.0600. The molecule has 0 rings (SSSR count). The van der Waals surface area contributed by atoms with E-state index in [0.29, 0.717) is 0 Å². The predicted molar refractivity (Wildman–Crippen MR) is 15.5 cm³/mol. The molecule has 0 aromatic rings. The van der Waals surface area contributed by atoms with Crippen LogP contribution in [-0.2, 0) is 37.8 Å². The van der Waals surface area contributed by atoms with Crippen molar-refractivity contribution in [2.75, 3.05) is 0 Å². The third-order valence-electron chi connectivity index (χ3n) is 0. The molecule has 4 heteroatoms. The minimum absolute atomic E-state index is 0. The molecule has 4 heavy (non-hydrogen) atoms. The van der Waals surface area contributed by atoms with Crippen LogP contribution in [0.4, 0.5) is 0 Å². The Morgan fingerprint density at radius 2 is 1.25 bits per heavy atom. The molecule has 0 aromatic carbocycles. The summed E-state index contributed by atoms with van der Waals surface area (Å²) in [6, 6.07) is 0.